The highest BCUT2D eigenvalue weighted by atomic mass is 32.2. The van der Waals surface area contributed by atoms with E-state index in [1.54, 1.807) is 36.5 Å². The number of rotatable bonds is 5. The molecule has 0 bridgehead atoms. The predicted molar refractivity (Wildman–Crippen MR) is 93.2 cm³/mol. The molecular formula is C16H17N3O2S2. The number of thiophene rings is 1. The third-order valence-corrected chi connectivity index (χ3v) is 6.43. The minimum Gasteiger partial charge on any atom is -0.279 e. The normalized spacial score (nSPS) is 11.8. The van der Waals surface area contributed by atoms with Crippen LogP contribution >= 0.6 is 11.3 Å². The zero-order valence-electron chi connectivity index (χ0n) is 12.8. The summed E-state index contributed by atoms with van der Waals surface area (Å²) in [7, 11) is -3.58. The van der Waals surface area contributed by atoms with Crippen LogP contribution in [-0.2, 0) is 10.0 Å². The molecular weight excluding hydrogens is 330 g/mol. The first-order chi connectivity index (χ1) is 11.0. The summed E-state index contributed by atoms with van der Waals surface area (Å²) >= 11 is 1.20. The van der Waals surface area contributed by atoms with E-state index < -0.39 is 10.0 Å². The fourth-order valence-electron chi connectivity index (χ4n) is 2.14. The first-order valence-electron chi connectivity index (χ1n) is 7.18. The molecule has 2 N–H and O–H groups in total. The molecule has 23 heavy (non-hydrogen) atoms. The lowest BCUT2D eigenvalue weighted by molar-refractivity contribution is 0.603. The highest BCUT2D eigenvalue weighted by Gasteiger charge is 2.18. The Hall–Kier alpha value is -2.12. The summed E-state index contributed by atoms with van der Waals surface area (Å²) in [6.45, 7) is 4.20. The van der Waals surface area contributed by atoms with Gasteiger partial charge in [-0.05, 0) is 41.8 Å². The summed E-state index contributed by atoms with van der Waals surface area (Å²) in [6.07, 6.45) is 1.64. The minimum atomic E-state index is -3.58. The largest absolute Gasteiger partial charge is 0.279 e. The number of benzene rings is 1. The number of sulfonamides is 1. The van der Waals surface area contributed by atoms with Gasteiger partial charge in [-0.2, -0.15) is 5.10 Å². The SMILES string of the molecule is CC(C)c1ccc(NS(=O)(=O)c2ccc(-c3ccn[nH]3)s2)cc1. The maximum atomic E-state index is 12.5. The van der Waals surface area contributed by atoms with Gasteiger partial charge in [-0.15, -0.1) is 11.3 Å². The van der Waals surface area contributed by atoms with Gasteiger partial charge >= 0.3 is 0 Å². The van der Waals surface area contributed by atoms with Crippen LogP contribution in [0.25, 0.3) is 10.6 Å². The topological polar surface area (TPSA) is 74.8 Å². The summed E-state index contributed by atoms with van der Waals surface area (Å²) in [4.78, 5) is 0.832. The molecule has 0 saturated heterocycles. The van der Waals surface area contributed by atoms with Crippen LogP contribution in [0.5, 0.6) is 0 Å². The van der Waals surface area contributed by atoms with Crippen LogP contribution in [0.15, 0.2) is 52.9 Å². The van der Waals surface area contributed by atoms with E-state index in [0.717, 1.165) is 10.6 Å². The van der Waals surface area contributed by atoms with Crippen molar-refractivity contribution >= 4 is 27.0 Å². The Balaban J connectivity index is 1.81. The Bertz CT molecular complexity index is 880. The second-order valence-electron chi connectivity index (χ2n) is 5.47. The lowest BCUT2D eigenvalue weighted by Crippen LogP contribution is -2.11. The van der Waals surface area contributed by atoms with Crippen molar-refractivity contribution in [2.45, 2.75) is 24.0 Å². The molecule has 3 rings (SSSR count). The van der Waals surface area contributed by atoms with E-state index in [1.165, 1.54) is 16.9 Å². The van der Waals surface area contributed by atoms with E-state index in [0.29, 0.717) is 11.6 Å². The number of nitrogens with zero attached hydrogens (tertiary/aromatic N) is 1. The molecule has 120 valence electrons. The molecule has 0 radical (unpaired) electrons. The van der Waals surface area contributed by atoms with Crippen LogP contribution in [0.3, 0.4) is 0 Å². The molecule has 3 aromatic rings. The molecule has 0 unspecified atom stereocenters. The highest BCUT2D eigenvalue weighted by Crippen LogP contribution is 2.30. The molecule has 5 nitrogen and oxygen atoms in total. The van der Waals surface area contributed by atoms with Crippen molar-refractivity contribution in [3.05, 3.63) is 54.2 Å². The fourth-order valence-corrected chi connectivity index (χ4v) is 4.48. The number of anilines is 1. The van der Waals surface area contributed by atoms with Crippen molar-refractivity contribution in [2.24, 2.45) is 0 Å². The van der Waals surface area contributed by atoms with Gasteiger partial charge in [0.2, 0.25) is 0 Å². The average Bonchev–Trinajstić information content (AvgIpc) is 3.19. The summed E-state index contributed by atoms with van der Waals surface area (Å²) in [5.74, 6) is 0.412. The standard InChI is InChI=1S/C16H17N3O2S2/c1-11(2)12-3-5-13(6-4-12)19-23(20,21)16-8-7-15(22-16)14-9-10-17-18-14/h3-11,19H,1-2H3,(H,17,18). The Labute approximate surface area is 139 Å². The molecule has 7 heteroatoms. The molecule has 0 fully saturated rings. The average molecular weight is 347 g/mol. The Kier molecular flexibility index (Phi) is 4.23. The first-order valence-corrected chi connectivity index (χ1v) is 9.48. The maximum absolute atomic E-state index is 12.5. The third kappa shape index (κ3) is 3.46. The number of aromatic amines is 1. The smallest absolute Gasteiger partial charge is 0.271 e. The Morgan fingerprint density at radius 2 is 1.83 bits per heavy atom. The highest BCUT2D eigenvalue weighted by molar-refractivity contribution is 7.94. The van der Waals surface area contributed by atoms with Gasteiger partial charge in [0.05, 0.1) is 10.6 Å². The molecule has 0 atom stereocenters. The molecule has 0 aliphatic heterocycles. The van der Waals surface area contributed by atoms with E-state index in [1.807, 2.05) is 12.1 Å². The summed E-state index contributed by atoms with van der Waals surface area (Å²) in [5, 5.41) is 6.71. The van der Waals surface area contributed by atoms with Gasteiger partial charge in [-0.3, -0.25) is 9.82 Å². The van der Waals surface area contributed by atoms with Crippen molar-refractivity contribution in [3.8, 4) is 10.6 Å². The Morgan fingerprint density at radius 3 is 2.43 bits per heavy atom. The molecule has 0 aliphatic rings. The van der Waals surface area contributed by atoms with E-state index >= 15 is 0 Å². The second kappa shape index (κ2) is 6.17. The predicted octanol–water partition coefficient (Wildman–Crippen LogP) is 4.06. The quantitative estimate of drug-likeness (QED) is 0.731. The summed E-state index contributed by atoms with van der Waals surface area (Å²) < 4.78 is 27.8. The number of nitrogens with one attached hydrogen (secondary N) is 2. The summed E-state index contributed by atoms with van der Waals surface area (Å²) in [6, 6.07) is 12.6. The fraction of sp³-hybridized carbons (Fsp3) is 0.188. The van der Waals surface area contributed by atoms with Crippen molar-refractivity contribution < 1.29 is 8.42 Å². The van der Waals surface area contributed by atoms with Crippen molar-refractivity contribution in [1.29, 1.82) is 0 Å². The molecule has 2 heterocycles. The van der Waals surface area contributed by atoms with Gasteiger partial charge in [0, 0.05) is 11.9 Å². The van der Waals surface area contributed by atoms with Crippen molar-refractivity contribution in [3.63, 3.8) is 0 Å². The lowest BCUT2D eigenvalue weighted by Gasteiger charge is -2.09. The van der Waals surface area contributed by atoms with Gasteiger partial charge in [-0.25, -0.2) is 8.42 Å². The molecule has 2 aromatic heterocycles. The monoisotopic (exact) mass is 347 g/mol. The number of aromatic nitrogens is 2. The molecule has 0 amide bonds. The number of hydrogen-bond donors (Lipinski definition) is 2. The zero-order valence-corrected chi connectivity index (χ0v) is 14.4. The molecule has 0 aliphatic carbocycles. The lowest BCUT2D eigenvalue weighted by atomic mass is 10.0. The van der Waals surface area contributed by atoms with Gasteiger partial charge in [0.1, 0.15) is 4.21 Å². The molecule has 0 saturated carbocycles. The number of H-pyrrole nitrogens is 1. The molecule has 0 spiro atoms. The van der Waals surface area contributed by atoms with Crippen molar-refractivity contribution in [2.75, 3.05) is 4.72 Å². The molecule has 1 aromatic carbocycles. The van der Waals surface area contributed by atoms with E-state index in [2.05, 4.69) is 28.8 Å². The van der Waals surface area contributed by atoms with Gasteiger partial charge in [0.15, 0.2) is 0 Å². The maximum Gasteiger partial charge on any atom is 0.271 e. The van der Waals surface area contributed by atoms with Crippen LogP contribution in [0, 0.1) is 0 Å². The van der Waals surface area contributed by atoms with Crippen LogP contribution < -0.4 is 4.72 Å². The van der Waals surface area contributed by atoms with Crippen LogP contribution in [-0.4, -0.2) is 18.6 Å². The van der Waals surface area contributed by atoms with Gasteiger partial charge in [-0.1, -0.05) is 26.0 Å². The van der Waals surface area contributed by atoms with Crippen LogP contribution in [0.1, 0.15) is 25.3 Å². The summed E-state index contributed by atoms with van der Waals surface area (Å²) in [5.41, 5.74) is 2.54. The second-order valence-corrected chi connectivity index (χ2v) is 8.46. The Morgan fingerprint density at radius 1 is 1.09 bits per heavy atom. The first kappa shape index (κ1) is 15.8. The van der Waals surface area contributed by atoms with E-state index in [-0.39, 0.29) is 4.21 Å². The van der Waals surface area contributed by atoms with E-state index in [9.17, 15) is 8.42 Å². The van der Waals surface area contributed by atoms with Crippen molar-refractivity contribution in [1.82, 2.24) is 10.2 Å². The van der Waals surface area contributed by atoms with Gasteiger partial charge < -0.3 is 0 Å². The zero-order chi connectivity index (χ0) is 16.4. The van der Waals surface area contributed by atoms with Crippen LogP contribution in [0.4, 0.5) is 5.69 Å². The minimum absolute atomic E-state index is 0.273. The third-order valence-electron chi connectivity index (χ3n) is 3.44. The number of hydrogen-bond acceptors (Lipinski definition) is 4. The van der Waals surface area contributed by atoms with E-state index in [4.69, 9.17) is 0 Å². The van der Waals surface area contributed by atoms with Gasteiger partial charge in [0.25, 0.3) is 10.0 Å². The van der Waals surface area contributed by atoms with Crippen LogP contribution in [0.2, 0.25) is 0 Å².